The Hall–Kier alpha value is -2.19. The van der Waals surface area contributed by atoms with Crippen LogP contribution in [0.1, 0.15) is 37.8 Å². The van der Waals surface area contributed by atoms with Crippen molar-refractivity contribution in [2.24, 2.45) is 17.8 Å². The van der Waals surface area contributed by atoms with E-state index in [1.54, 1.807) is 12.5 Å². The highest BCUT2D eigenvalue weighted by Gasteiger charge is 2.43. The van der Waals surface area contributed by atoms with Gasteiger partial charge in [0.2, 0.25) is 5.91 Å². The summed E-state index contributed by atoms with van der Waals surface area (Å²) in [7, 11) is 0. The van der Waals surface area contributed by atoms with Gasteiger partial charge in [-0.3, -0.25) is 14.4 Å². The summed E-state index contributed by atoms with van der Waals surface area (Å²) in [6.07, 6.45) is 12.5. The van der Waals surface area contributed by atoms with Gasteiger partial charge in [-0.25, -0.2) is 4.98 Å². The van der Waals surface area contributed by atoms with Gasteiger partial charge < -0.3 is 15.0 Å². The fraction of sp³-hybridized carbons (Fsp3) is 0.682. The lowest BCUT2D eigenvalue weighted by Gasteiger charge is -2.38. The molecule has 162 valence electrons. The van der Waals surface area contributed by atoms with Crippen molar-refractivity contribution >= 4 is 5.91 Å². The predicted molar refractivity (Wildman–Crippen MR) is 111 cm³/mol. The molecule has 8 heteroatoms. The third-order valence-corrected chi connectivity index (χ3v) is 6.86. The zero-order valence-electron chi connectivity index (χ0n) is 17.4. The van der Waals surface area contributed by atoms with E-state index in [1.165, 1.54) is 18.5 Å². The van der Waals surface area contributed by atoms with E-state index < -0.39 is 0 Å². The first-order valence-corrected chi connectivity index (χ1v) is 11.3. The van der Waals surface area contributed by atoms with Gasteiger partial charge in [0, 0.05) is 63.5 Å². The first-order valence-electron chi connectivity index (χ1n) is 11.3. The maximum absolute atomic E-state index is 12.6. The molecule has 5 rings (SSSR count). The van der Waals surface area contributed by atoms with Gasteiger partial charge in [-0.2, -0.15) is 5.10 Å². The Morgan fingerprint density at radius 2 is 2.13 bits per heavy atom. The highest BCUT2D eigenvalue weighted by molar-refractivity contribution is 5.76. The van der Waals surface area contributed by atoms with E-state index in [0.29, 0.717) is 24.8 Å². The van der Waals surface area contributed by atoms with Crippen LogP contribution in [-0.2, 0) is 22.6 Å². The number of nitrogens with one attached hydrogen (secondary N) is 2. The number of hydrogen-bond donors (Lipinski definition) is 2. The third kappa shape index (κ3) is 4.92. The van der Waals surface area contributed by atoms with Gasteiger partial charge in [0.15, 0.2) is 0 Å². The fourth-order valence-electron chi connectivity index (χ4n) is 5.06. The number of aromatic nitrogens is 4. The van der Waals surface area contributed by atoms with Gasteiger partial charge in [0.1, 0.15) is 0 Å². The summed E-state index contributed by atoms with van der Waals surface area (Å²) in [5.41, 5.74) is 1.17. The second-order valence-electron chi connectivity index (χ2n) is 9.27. The van der Waals surface area contributed by atoms with E-state index in [-0.39, 0.29) is 18.1 Å². The van der Waals surface area contributed by atoms with E-state index in [2.05, 4.69) is 25.3 Å². The largest absolute Gasteiger partial charge is 0.376 e. The van der Waals surface area contributed by atoms with Crippen LogP contribution in [0.25, 0.3) is 0 Å². The lowest BCUT2D eigenvalue weighted by Crippen LogP contribution is -2.50. The van der Waals surface area contributed by atoms with Crippen LogP contribution in [0.5, 0.6) is 0 Å². The molecule has 0 radical (unpaired) electrons. The minimum absolute atomic E-state index is 0.0984. The zero-order chi connectivity index (χ0) is 20.3. The normalized spacial score (nSPS) is 29.1. The number of aromatic amines is 1. The minimum atomic E-state index is 0.0984. The monoisotopic (exact) mass is 412 g/mol. The molecule has 0 unspecified atom stereocenters. The molecule has 0 aromatic carbocycles. The Bertz CT molecular complexity index is 804. The van der Waals surface area contributed by atoms with E-state index >= 15 is 0 Å². The van der Waals surface area contributed by atoms with Crippen LogP contribution >= 0.6 is 0 Å². The van der Waals surface area contributed by atoms with Crippen LogP contribution < -0.4 is 5.32 Å². The molecule has 1 saturated heterocycles. The molecule has 1 amide bonds. The van der Waals surface area contributed by atoms with Crippen molar-refractivity contribution in [3.8, 4) is 0 Å². The van der Waals surface area contributed by atoms with Crippen molar-refractivity contribution in [1.29, 1.82) is 0 Å². The standard InChI is InChI=1S/C22H32N6O2/c29-22(4-7-28-6-1-5-25-28)26-20-8-17-11-27(13-19-10-23-15-24-19)12-18(17)9-21(20)30-14-16-2-3-16/h1,5-6,10,15-18,20-21H,2-4,7-9,11-14H2,(H,23,24)(H,26,29)/t17-,18+,20-,21-/m0/s1. The molecule has 2 aromatic rings. The van der Waals surface area contributed by atoms with Crippen LogP contribution in [0.2, 0.25) is 0 Å². The average Bonchev–Trinajstić information content (AvgIpc) is 3.13. The first kappa shape index (κ1) is 19.8. The second kappa shape index (κ2) is 8.89. The Labute approximate surface area is 177 Å². The van der Waals surface area contributed by atoms with Crippen molar-refractivity contribution in [2.45, 2.75) is 57.3 Å². The number of imidazole rings is 1. The molecule has 0 spiro atoms. The number of rotatable bonds is 9. The SMILES string of the molecule is O=C(CCn1cccn1)N[C@H]1C[C@H]2CN(Cc3cnc[nH]3)C[C@H]2C[C@@H]1OCC1CC1. The van der Waals surface area contributed by atoms with E-state index in [1.807, 2.05) is 23.1 Å². The Morgan fingerprint density at radius 1 is 1.27 bits per heavy atom. The van der Waals surface area contributed by atoms with Crippen LogP contribution in [0.4, 0.5) is 0 Å². The van der Waals surface area contributed by atoms with Crippen molar-refractivity contribution < 1.29 is 9.53 Å². The summed E-state index contributed by atoms with van der Waals surface area (Å²) in [6.45, 7) is 4.57. The summed E-state index contributed by atoms with van der Waals surface area (Å²) >= 11 is 0. The van der Waals surface area contributed by atoms with E-state index in [0.717, 1.165) is 45.0 Å². The molecule has 3 fully saturated rings. The number of carbonyl (C=O) groups excluding carboxylic acids is 1. The maximum Gasteiger partial charge on any atom is 0.222 e. The topological polar surface area (TPSA) is 88.1 Å². The van der Waals surface area contributed by atoms with Gasteiger partial charge >= 0.3 is 0 Å². The number of hydrogen-bond acceptors (Lipinski definition) is 5. The average molecular weight is 413 g/mol. The van der Waals surface area contributed by atoms with Gasteiger partial charge in [0.25, 0.3) is 0 Å². The smallest absolute Gasteiger partial charge is 0.222 e. The third-order valence-electron chi connectivity index (χ3n) is 6.86. The summed E-state index contributed by atoms with van der Waals surface area (Å²) < 4.78 is 8.16. The second-order valence-corrected chi connectivity index (χ2v) is 9.27. The summed E-state index contributed by atoms with van der Waals surface area (Å²) in [4.78, 5) is 22.5. The van der Waals surface area contributed by atoms with E-state index in [4.69, 9.17) is 4.74 Å². The lowest BCUT2D eigenvalue weighted by molar-refractivity contribution is -0.124. The molecule has 2 aliphatic carbocycles. The molecular formula is C22H32N6O2. The number of fused-ring (bicyclic) bond motifs is 1. The predicted octanol–water partition coefficient (Wildman–Crippen LogP) is 1.82. The van der Waals surface area contributed by atoms with Gasteiger partial charge in [-0.05, 0) is 49.5 Å². The number of likely N-dealkylation sites (tertiary alicyclic amines) is 1. The minimum Gasteiger partial charge on any atom is -0.376 e. The highest BCUT2D eigenvalue weighted by Crippen LogP contribution is 2.39. The summed E-state index contributed by atoms with van der Waals surface area (Å²) in [5, 5.41) is 7.50. The molecule has 1 aliphatic heterocycles. The lowest BCUT2D eigenvalue weighted by atomic mass is 9.77. The Balaban J connectivity index is 1.18. The number of ether oxygens (including phenoxy) is 1. The number of nitrogens with zero attached hydrogens (tertiary/aromatic N) is 4. The number of carbonyl (C=O) groups is 1. The van der Waals surface area contributed by atoms with Gasteiger partial charge in [-0.1, -0.05) is 0 Å². The van der Waals surface area contributed by atoms with E-state index in [9.17, 15) is 4.79 Å². The highest BCUT2D eigenvalue weighted by atomic mass is 16.5. The van der Waals surface area contributed by atoms with Crippen LogP contribution in [0.15, 0.2) is 31.0 Å². The number of aryl methyl sites for hydroxylation is 1. The molecule has 4 atom stereocenters. The molecule has 0 bridgehead atoms. The van der Waals surface area contributed by atoms with Crippen molar-refractivity contribution in [2.75, 3.05) is 19.7 Å². The maximum atomic E-state index is 12.6. The molecule has 3 aliphatic rings. The van der Waals surface area contributed by atoms with Crippen LogP contribution in [0, 0.1) is 17.8 Å². The van der Waals surface area contributed by atoms with Gasteiger partial charge in [-0.15, -0.1) is 0 Å². The molecule has 2 saturated carbocycles. The number of amides is 1. The van der Waals surface area contributed by atoms with Gasteiger partial charge in [0.05, 0.1) is 18.5 Å². The molecule has 2 N–H and O–H groups in total. The van der Waals surface area contributed by atoms with Crippen molar-refractivity contribution in [1.82, 2.24) is 30.0 Å². The fourth-order valence-corrected chi connectivity index (χ4v) is 5.06. The zero-order valence-corrected chi connectivity index (χ0v) is 17.4. The molecule has 2 aromatic heterocycles. The summed E-state index contributed by atoms with van der Waals surface area (Å²) in [5.74, 6) is 2.10. The molecule has 30 heavy (non-hydrogen) atoms. The van der Waals surface area contributed by atoms with Crippen LogP contribution in [-0.4, -0.2) is 62.4 Å². The van der Waals surface area contributed by atoms with Crippen molar-refractivity contribution in [3.05, 3.63) is 36.7 Å². The first-order chi connectivity index (χ1) is 14.7. The summed E-state index contributed by atoms with van der Waals surface area (Å²) in [6, 6.07) is 2.00. The molecule has 3 heterocycles. The quantitative estimate of drug-likeness (QED) is 0.656. The van der Waals surface area contributed by atoms with Crippen LogP contribution in [0.3, 0.4) is 0 Å². The van der Waals surface area contributed by atoms with Crippen molar-refractivity contribution in [3.63, 3.8) is 0 Å². The Kier molecular flexibility index (Phi) is 5.86. The molecule has 8 nitrogen and oxygen atoms in total. The Morgan fingerprint density at radius 3 is 2.87 bits per heavy atom. The number of H-pyrrole nitrogens is 1. The molecular weight excluding hydrogens is 380 g/mol.